The fourth-order valence-electron chi connectivity index (χ4n) is 2.02. The smallest absolute Gasteiger partial charge is 0.271 e. The van der Waals surface area contributed by atoms with E-state index in [1.165, 1.54) is 0 Å². The summed E-state index contributed by atoms with van der Waals surface area (Å²) in [5.41, 5.74) is 2.80. The van der Waals surface area contributed by atoms with E-state index in [0.29, 0.717) is 5.69 Å². The minimum absolute atomic E-state index is 0.0429. The maximum absolute atomic E-state index is 12.0. The van der Waals surface area contributed by atoms with Crippen molar-refractivity contribution >= 4 is 5.91 Å². The first kappa shape index (κ1) is 12.4. The zero-order valence-electron chi connectivity index (χ0n) is 11.4. The second-order valence-electron chi connectivity index (χ2n) is 4.66. The van der Waals surface area contributed by atoms with Gasteiger partial charge in [-0.2, -0.15) is 5.10 Å². The third kappa shape index (κ3) is 1.92. The Bertz CT molecular complexity index is 573. The molecule has 2 aromatic rings. The van der Waals surface area contributed by atoms with Gasteiger partial charge in [-0.1, -0.05) is 0 Å². The van der Waals surface area contributed by atoms with Gasteiger partial charge in [0.1, 0.15) is 5.69 Å². The van der Waals surface area contributed by atoms with Gasteiger partial charge in [0, 0.05) is 38.6 Å². The van der Waals surface area contributed by atoms with Crippen LogP contribution in [0, 0.1) is 13.8 Å². The van der Waals surface area contributed by atoms with Crippen molar-refractivity contribution in [3.63, 3.8) is 0 Å². The summed E-state index contributed by atoms with van der Waals surface area (Å²) >= 11 is 0. The maximum atomic E-state index is 12.0. The number of aryl methyl sites for hydroxylation is 3. The zero-order chi connectivity index (χ0) is 13.4. The lowest BCUT2D eigenvalue weighted by Crippen LogP contribution is -2.24. The van der Waals surface area contributed by atoms with Gasteiger partial charge in [0.25, 0.3) is 5.91 Å². The number of nitrogens with zero attached hydrogens (tertiary/aromatic N) is 4. The van der Waals surface area contributed by atoms with E-state index in [-0.39, 0.29) is 5.91 Å². The Morgan fingerprint density at radius 2 is 1.78 bits per heavy atom. The first-order valence-electron chi connectivity index (χ1n) is 5.83. The highest BCUT2D eigenvalue weighted by Gasteiger charge is 2.16. The van der Waals surface area contributed by atoms with Crippen LogP contribution in [0.2, 0.25) is 0 Å². The molecular weight excluding hydrogens is 228 g/mol. The fourth-order valence-corrected chi connectivity index (χ4v) is 2.02. The van der Waals surface area contributed by atoms with Crippen LogP contribution in [0.15, 0.2) is 18.2 Å². The van der Waals surface area contributed by atoms with E-state index in [0.717, 1.165) is 17.2 Å². The first-order valence-corrected chi connectivity index (χ1v) is 5.83. The van der Waals surface area contributed by atoms with Gasteiger partial charge in [0.2, 0.25) is 0 Å². The van der Waals surface area contributed by atoms with E-state index >= 15 is 0 Å². The summed E-state index contributed by atoms with van der Waals surface area (Å²) in [6, 6.07) is 5.90. The van der Waals surface area contributed by atoms with Gasteiger partial charge in [0.15, 0.2) is 5.82 Å². The Morgan fingerprint density at radius 3 is 2.28 bits per heavy atom. The van der Waals surface area contributed by atoms with Gasteiger partial charge in [0.05, 0.1) is 0 Å². The molecule has 0 aromatic carbocycles. The molecule has 2 heterocycles. The quantitative estimate of drug-likeness (QED) is 0.806. The minimum Gasteiger partial charge on any atom is -0.343 e. The van der Waals surface area contributed by atoms with E-state index in [4.69, 9.17) is 0 Å². The van der Waals surface area contributed by atoms with Crippen LogP contribution in [-0.2, 0) is 7.05 Å². The number of hydrogen-bond donors (Lipinski definition) is 0. The molecule has 18 heavy (non-hydrogen) atoms. The molecule has 2 rings (SSSR count). The van der Waals surface area contributed by atoms with Crippen molar-refractivity contribution in [2.24, 2.45) is 7.05 Å². The highest BCUT2D eigenvalue weighted by molar-refractivity contribution is 5.92. The predicted octanol–water partition coefficient (Wildman–Crippen LogP) is 1.53. The van der Waals surface area contributed by atoms with Crippen molar-refractivity contribution in [3.05, 3.63) is 35.3 Å². The van der Waals surface area contributed by atoms with Gasteiger partial charge in [-0.15, -0.1) is 0 Å². The Balaban J connectivity index is 2.50. The van der Waals surface area contributed by atoms with Gasteiger partial charge in [-0.05, 0) is 26.0 Å². The van der Waals surface area contributed by atoms with Crippen LogP contribution in [0.3, 0.4) is 0 Å². The number of rotatable bonds is 2. The average Bonchev–Trinajstić information content (AvgIpc) is 2.81. The highest BCUT2D eigenvalue weighted by Crippen LogP contribution is 2.16. The number of hydrogen-bond acceptors (Lipinski definition) is 2. The molecule has 5 nitrogen and oxygen atoms in total. The molecule has 0 aliphatic heterocycles. The normalized spacial score (nSPS) is 10.7. The van der Waals surface area contributed by atoms with Crippen molar-refractivity contribution in [2.45, 2.75) is 13.8 Å². The van der Waals surface area contributed by atoms with Crippen molar-refractivity contribution in [1.82, 2.24) is 19.2 Å². The third-order valence-electron chi connectivity index (χ3n) is 2.99. The Hall–Kier alpha value is -2.04. The molecule has 0 aliphatic rings. The SMILES string of the molecule is Cc1ccc(C)n1-c1cc(C(=O)N(C)C)n(C)n1. The minimum atomic E-state index is -0.0429. The van der Waals surface area contributed by atoms with E-state index in [9.17, 15) is 4.79 Å². The van der Waals surface area contributed by atoms with E-state index in [2.05, 4.69) is 5.10 Å². The summed E-state index contributed by atoms with van der Waals surface area (Å²) in [6.45, 7) is 4.05. The maximum Gasteiger partial charge on any atom is 0.271 e. The molecular formula is C13H18N4O. The lowest BCUT2D eigenvalue weighted by Gasteiger charge is -2.08. The van der Waals surface area contributed by atoms with Crippen molar-refractivity contribution in [2.75, 3.05) is 14.1 Å². The van der Waals surface area contributed by atoms with Crippen molar-refractivity contribution in [1.29, 1.82) is 0 Å². The van der Waals surface area contributed by atoms with Crippen molar-refractivity contribution < 1.29 is 4.79 Å². The molecule has 0 N–H and O–H groups in total. The Kier molecular flexibility index (Phi) is 2.98. The molecule has 0 spiro atoms. The second kappa shape index (κ2) is 4.33. The number of amides is 1. The van der Waals surface area contributed by atoms with Gasteiger partial charge < -0.3 is 9.47 Å². The Morgan fingerprint density at radius 1 is 1.22 bits per heavy atom. The molecule has 0 radical (unpaired) electrons. The summed E-state index contributed by atoms with van der Waals surface area (Å²) in [5, 5.41) is 4.41. The molecule has 5 heteroatoms. The van der Waals surface area contributed by atoms with E-state index in [1.54, 1.807) is 30.7 Å². The van der Waals surface area contributed by atoms with Gasteiger partial charge in [-0.3, -0.25) is 9.48 Å². The van der Waals surface area contributed by atoms with Crippen LogP contribution in [-0.4, -0.2) is 39.3 Å². The summed E-state index contributed by atoms with van der Waals surface area (Å²) < 4.78 is 3.66. The van der Waals surface area contributed by atoms with Crippen LogP contribution in [0.5, 0.6) is 0 Å². The second-order valence-corrected chi connectivity index (χ2v) is 4.66. The number of carbonyl (C=O) groups excluding carboxylic acids is 1. The Labute approximate surface area is 107 Å². The molecule has 0 saturated carbocycles. The zero-order valence-corrected chi connectivity index (χ0v) is 11.4. The largest absolute Gasteiger partial charge is 0.343 e. The molecule has 1 amide bonds. The monoisotopic (exact) mass is 246 g/mol. The number of aromatic nitrogens is 3. The first-order chi connectivity index (χ1) is 8.41. The number of carbonyl (C=O) groups is 1. The van der Waals surface area contributed by atoms with E-state index in [1.807, 2.05) is 36.6 Å². The van der Waals surface area contributed by atoms with Gasteiger partial charge >= 0.3 is 0 Å². The standard InChI is InChI=1S/C13H18N4O/c1-9-6-7-10(2)17(9)12-8-11(16(5)14-12)13(18)15(3)4/h6-8H,1-5H3. The fraction of sp³-hybridized carbons (Fsp3) is 0.385. The molecule has 0 unspecified atom stereocenters. The summed E-state index contributed by atoms with van der Waals surface area (Å²) in [6.07, 6.45) is 0. The molecule has 0 saturated heterocycles. The molecule has 2 aromatic heterocycles. The highest BCUT2D eigenvalue weighted by atomic mass is 16.2. The lowest BCUT2D eigenvalue weighted by atomic mass is 10.3. The molecule has 0 atom stereocenters. The molecule has 96 valence electrons. The van der Waals surface area contributed by atoms with Crippen LogP contribution in [0.25, 0.3) is 5.82 Å². The summed E-state index contributed by atoms with van der Waals surface area (Å²) in [7, 11) is 5.26. The summed E-state index contributed by atoms with van der Waals surface area (Å²) in [5.74, 6) is 0.737. The predicted molar refractivity (Wildman–Crippen MR) is 70.0 cm³/mol. The topological polar surface area (TPSA) is 43.1 Å². The van der Waals surface area contributed by atoms with E-state index < -0.39 is 0 Å². The van der Waals surface area contributed by atoms with Crippen LogP contribution >= 0.6 is 0 Å². The van der Waals surface area contributed by atoms with Crippen LogP contribution < -0.4 is 0 Å². The molecule has 0 fully saturated rings. The third-order valence-corrected chi connectivity index (χ3v) is 2.99. The van der Waals surface area contributed by atoms with Crippen molar-refractivity contribution in [3.8, 4) is 5.82 Å². The van der Waals surface area contributed by atoms with Crippen LogP contribution in [0.4, 0.5) is 0 Å². The van der Waals surface area contributed by atoms with Gasteiger partial charge in [-0.25, -0.2) is 0 Å². The molecule has 0 bridgehead atoms. The average molecular weight is 246 g/mol. The molecule has 0 aliphatic carbocycles. The summed E-state index contributed by atoms with van der Waals surface area (Å²) in [4.78, 5) is 13.5. The lowest BCUT2D eigenvalue weighted by molar-refractivity contribution is 0.0817. The van der Waals surface area contributed by atoms with Crippen LogP contribution in [0.1, 0.15) is 21.9 Å².